The summed E-state index contributed by atoms with van der Waals surface area (Å²) >= 11 is 0. The number of aliphatic hydroxyl groups excluding tert-OH is 1. The van der Waals surface area contributed by atoms with Crippen LogP contribution < -0.4 is 5.32 Å². The normalized spacial score (nSPS) is 33.8. The van der Waals surface area contributed by atoms with E-state index in [0.29, 0.717) is 24.2 Å². The van der Waals surface area contributed by atoms with Crippen LogP contribution in [0.1, 0.15) is 105 Å². The minimum absolute atomic E-state index is 0.0949. The first kappa shape index (κ1) is 30.9. The number of ether oxygens (including phenoxy) is 2. The van der Waals surface area contributed by atoms with Crippen molar-refractivity contribution in [3.05, 3.63) is 23.8 Å². The van der Waals surface area contributed by atoms with Crippen LogP contribution >= 0.6 is 0 Å². The number of esters is 2. The van der Waals surface area contributed by atoms with Crippen molar-refractivity contribution in [2.45, 2.75) is 130 Å². The van der Waals surface area contributed by atoms with E-state index in [-0.39, 0.29) is 36.5 Å². The van der Waals surface area contributed by atoms with Crippen molar-refractivity contribution in [2.75, 3.05) is 7.05 Å². The number of carbonyl (C=O) groups excluding carboxylic acids is 2. The van der Waals surface area contributed by atoms with Gasteiger partial charge in [-0.1, -0.05) is 58.3 Å². The van der Waals surface area contributed by atoms with Gasteiger partial charge in [0.15, 0.2) is 0 Å². The summed E-state index contributed by atoms with van der Waals surface area (Å²) in [5.41, 5.74) is 0.785. The Morgan fingerprint density at radius 3 is 2.47 bits per heavy atom. The second-order valence-corrected chi connectivity index (χ2v) is 12.9. The summed E-state index contributed by atoms with van der Waals surface area (Å²) in [6.45, 7) is 10.3. The van der Waals surface area contributed by atoms with E-state index in [0.717, 1.165) is 31.7 Å². The summed E-state index contributed by atoms with van der Waals surface area (Å²) in [5.74, 6) is 0.776. The van der Waals surface area contributed by atoms with E-state index in [1.807, 2.05) is 20.8 Å². The molecule has 1 heterocycles. The van der Waals surface area contributed by atoms with Gasteiger partial charge in [-0.15, -0.1) is 0 Å². The topological polar surface area (TPSA) is 84.9 Å². The Kier molecular flexibility index (Phi) is 11.5. The van der Waals surface area contributed by atoms with Gasteiger partial charge in [0.1, 0.15) is 12.2 Å². The maximum absolute atomic E-state index is 12.9. The molecule has 4 rings (SSSR count). The van der Waals surface area contributed by atoms with E-state index in [1.54, 1.807) is 0 Å². The van der Waals surface area contributed by atoms with E-state index >= 15 is 0 Å². The van der Waals surface area contributed by atoms with Crippen LogP contribution in [0.3, 0.4) is 0 Å². The molecule has 2 fully saturated rings. The van der Waals surface area contributed by atoms with Gasteiger partial charge >= 0.3 is 11.9 Å². The van der Waals surface area contributed by atoms with Crippen molar-refractivity contribution in [3.63, 3.8) is 0 Å². The fraction of sp³-hybridized carbons (Fsp3) is 0.812. The van der Waals surface area contributed by atoms with Crippen LogP contribution in [0.4, 0.5) is 0 Å². The van der Waals surface area contributed by atoms with Crippen molar-refractivity contribution < 1.29 is 24.2 Å². The zero-order chi connectivity index (χ0) is 27.9. The molecular weight excluding hydrogens is 478 g/mol. The van der Waals surface area contributed by atoms with Gasteiger partial charge in [0, 0.05) is 18.4 Å². The first-order valence-electron chi connectivity index (χ1n) is 15.2. The van der Waals surface area contributed by atoms with Crippen LogP contribution in [0.2, 0.25) is 0 Å². The molecule has 1 aliphatic heterocycles. The second-order valence-electron chi connectivity index (χ2n) is 12.9. The lowest BCUT2D eigenvalue weighted by atomic mass is 9.65. The summed E-state index contributed by atoms with van der Waals surface area (Å²) in [5, 5.41) is 13.2. The Balaban J connectivity index is 0.000000427. The molecule has 1 saturated heterocycles. The standard InChI is InChI=1S/C25H38O5.C7H15N/c1-6-25(4,5)24(28)30-21-12-15(2)11-17-8-7-16(3)20(23(17)21)10-9-19-13-18(26)14-22(27)29-19;1-8-7-5-3-2-4-6-7/h7-8,11,15-16,18-21,23,26H,6,9-10,12-14H2,1-5H3;7-8H,2-6H2,1H3/t15-,16-,18+,19+,20-,21-,23-;/m0./s1. The predicted octanol–water partition coefficient (Wildman–Crippen LogP) is 6.12. The van der Waals surface area contributed by atoms with Gasteiger partial charge in [-0.2, -0.15) is 0 Å². The maximum Gasteiger partial charge on any atom is 0.311 e. The molecule has 4 aliphatic rings. The fourth-order valence-electron chi connectivity index (χ4n) is 6.47. The molecule has 0 unspecified atom stereocenters. The molecule has 0 radical (unpaired) electrons. The van der Waals surface area contributed by atoms with Gasteiger partial charge in [-0.05, 0) is 82.7 Å². The molecule has 0 amide bonds. The molecule has 6 nitrogen and oxygen atoms in total. The van der Waals surface area contributed by atoms with Gasteiger partial charge in [-0.25, -0.2) is 0 Å². The minimum Gasteiger partial charge on any atom is -0.462 e. The third-order valence-corrected chi connectivity index (χ3v) is 9.36. The van der Waals surface area contributed by atoms with Crippen molar-refractivity contribution in [1.82, 2.24) is 5.32 Å². The van der Waals surface area contributed by atoms with Crippen LogP contribution in [0.25, 0.3) is 0 Å². The number of carbonyl (C=O) groups is 2. The monoisotopic (exact) mass is 531 g/mol. The molecule has 0 aromatic carbocycles. The summed E-state index contributed by atoms with van der Waals surface area (Å²) in [4.78, 5) is 24.6. The number of hydrogen-bond donors (Lipinski definition) is 2. The van der Waals surface area contributed by atoms with Gasteiger partial charge in [0.05, 0.1) is 17.9 Å². The molecule has 0 spiro atoms. The summed E-state index contributed by atoms with van der Waals surface area (Å²) in [7, 11) is 2.07. The fourth-order valence-corrected chi connectivity index (χ4v) is 6.47. The third-order valence-electron chi connectivity index (χ3n) is 9.36. The highest BCUT2D eigenvalue weighted by molar-refractivity contribution is 5.76. The van der Waals surface area contributed by atoms with Crippen molar-refractivity contribution in [3.8, 4) is 0 Å². The van der Waals surface area contributed by atoms with Crippen molar-refractivity contribution in [2.24, 2.45) is 29.1 Å². The van der Waals surface area contributed by atoms with E-state index in [9.17, 15) is 14.7 Å². The minimum atomic E-state index is -0.601. The lowest BCUT2D eigenvalue weighted by molar-refractivity contribution is -0.166. The average molecular weight is 532 g/mol. The number of hydrogen-bond acceptors (Lipinski definition) is 6. The summed E-state index contributed by atoms with van der Waals surface area (Å²) in [6, 6.07) is 0.837. The lowest BCUT2D eigenvalue weighted by Crippen LogP contribution is -2.43. The number of allylic oxidation sites excluding steroid dienone is 3. The van der Waals surface area contributed by atoms with Gasteiger partial charge in [0.2, 0.25) is 0 Å². The number of aliphatic hydroxyl groups is 1. The van der Waals surface area contributed by atoms with Crippen LogP contribution in [0.15, 0.2) is 23.8 Å². The van der Waals surface area contributed by atoms with Crippen LogP contribution in [0, 0.1) is 29.1 Å². The molecule has 6 heteroatoms. The first-order valence-corrected chi connectivity index (χ1v) is 15.2. The van der Waals surface area contributed by atoms with E-state index in [2.05, 4.69) is 44.4 Å². The van der Waals surface area contributed by atoms with Crippen LogP contribution in [-0.4, -0.2) is 48.4 Å². The number of fused-ring (bicyclic) bond motifs is 1. The van der Waals surface area contributed by atoms with E-state index < -0.39 is 11.5 Å². The number of rotatable bonds is 7. The summed E-state index contributed by atoms with van der Waals surface area (Å²) in [6.07, 6.45) is 16.7. The van der Waals surface area contributed by atoms with E-state index in [1.165, 1.54) is 37.7 Å². The van der Waals surface area contributed by atoms with Crippen LogP contribution in [-0.2, 0) is 19.1 Å². The van der Waals surface area contributed by atoms with E-state index in [4.69, 9.17) is 9.47 Å². The van der Waals surface area contributed by atoms with Crippen LogP contribution in [0.5, 0.6) is 0 Å². The zero-order valence-electron chi connectivity index (χ0n) is 24.7. The highest BCUT2D eigenvalue weighted by Gasteiger charge is 2.43. The van der Waals surface area contributed by atoms with Gasteiger partial charge in [0.25, 0.3) is 0 Å². The molecule has 0 bridgehead atoms. The highest BCUT2D eigenvalue weighted by atomic mass is 16.6. The zero-order valence-corrected chi connectivity index (χ0v) is 24.7. The Bertz CT molecular complexity index is 843. The molecular formula is C32H53NO5. The van der Waals surface area contributed by atoms with Gasteiger partial charge in [-0.3, -0.25) is 9.59 Å². The largest absolute Gasteiger partial charge is 0.462 e. The maximum atomic E-state index is 12.9. The Labute approximate surface area is 231 Å². The second kappa shape index (κ2) is 14.1. The summed E-state index contributed by atoms with van der Waals surface area (Å²) < 4.78 is 11.6. The SMILES string of the molecule is CCC(C)(C)C(=O)O[C@H]1C[C@@H](C)C=C2C=C[C@H](C)[C@H](CC[C@@H]3C[C@@H](O)CC(=O)O3)[C@H]21.CNC1CCCCC1. The quantitative estimate of drug-likeness (QED) is 0.385. The van der Waals surface area contributed by atoms with Crippen molar-refractivity contribution >= 4 is 11.9 Å². The molecule has 0 aromatic rings. The Morgan fingerprint density at radius 2 is 1.87 bits per heavy atom. The first-order chi connectivity index (χ1) is 18.0. The molecule has 3 aliphatic carbocycles. The molecule has 7 atom stereocenters. The average Bonchev–Trinajstić information content (AvgIpc) is 2.88. The smallest absolute Gasteiger partial charge is 0.311 e. The molecule has 216 valence electrons. The molecule has 0 aromatic heterocycles. The number of nitrogens with one attached hydrogen (secondary N) is 1. The Hall–Kier alpha value is -1.66. The lowest BCUT2D eigenvalue weighted by Gasteiger charge is -2.44. The van der Waals surface area contributed by atoms with Gasteiger partial charge < -0.3 is 19.9 Å². The molecule has 1 saturated carbocycles. The molecule has 2 N–H and O–H groups in total. The predicted molar refractivity (Wildman–Crippen MR) is 151 cm³/mol. The highest BCUT2D eigenvalue weighted by Crippen LogP contribution is 2.45. The van der Waals surface area contributed by atoms with Crippen molar-refractivity contribution in [1.29, 1.82) is 0 Å². The molecule has 38 heavy (non-hydrogen) atoms. The Morgan fingerprint density at radius 1 is 1.16 bits per heavy atom. The third kappa shape index (κ3) is 8.42. The number of cyclic esters (lactones) is 1.